The van der Waals surface area contributed by atoms with E-state index in [9.17, 15) is 4.79 Å². The zero-order valence-corrected chi connectivity index (χ0v) is 10.1. The number of ether oxygens (including phenoxy) is 2. The van der Waals surface area contributed by atoms with Crippen molar-refractivity contribution in [2.24, 2.45) is 5.73 Å². The van der Waals surface area contributed by atoms with Crippen LogP contribution in [0.5, 0.6) is 11.5 Å². The van der Waals surface area contributed by atoms with Crippen LogP contribution in [0.1, 0.15) is 23.2 Å². The quantitative estimate of drug-likeness (QED) is 0.804. The number of piperidine rings is 1. The van der Waals surface area contributed by atoms with Crippen molar-refractivity contribution in [1.29, 1.82) is 0 Å². The number of carbonyl (C=O) groups is 1. The normalized spacial score (nSPS) is 22.1. The van der Waals surface area contributed by atoms with Gasteiger partial charge in [0.1, 0.15) is 0 Å². The van der Waals surface area contributed by atoms with Crippen LogP contribution in [-0.2, 0) is 0 Å². The molecule has 0 bridgehead atoms. The summed E-state index contributed by atoms with van der Waals surface area (Å²) in [5.74, 6) is 1.18. The number of benzene rings is 1. The van der Waals surface area contributed by atoms with Crippen molar-refractivity contribution in [1.82, 2.24) is 4.90 Å². The Morgan fingerprint density at radius 3 is 3.11 bits per heavy atom. The minimum absolute atomic E-state index is 0.0208. The summed E-state index contributed by atoms with van der Waals surface area (Å²) in [5, 5.41) is 0. The van der Waals surface area contributed by atoms with Crippen molar-refractivity contribution in [3.8, 4) is 11.5 Å². The second kappa shape index (κ2) is 4.49. The molecule has 96 valence electrons. The fraction of sp³-hybridized carbons (Fsp3) is 0.462. The topological polar surface area (TPSA) is 64.8 Å². The lowest BCUT2D eigenvalue weighted by Gasteiger charge is -2.31. The number of carbonyl (C=O) groups excluding carboxylic acids is 1. The van der Waals surface area contributed by atoms with Gasteiger partial charge in [0.25, 0.3) is 5.91 Å². The Balaban J connectivity index is 1.86. The first-order chi connectivity index (χ1) is 8.75. The van der Waals surface area contributed by atoms with Gasteiger partial charge in [-0.3, -0.25) is 4.79 Å². The molecule has 1 amide bonds. The van der Waals surface area contributed by atoms with Crippen LogP contribution in [0.25, 0.3) is 0 Å². The van der Waals surface area contributed by atoms with Gasteiger partial charge in [-0.25, -0.2) is 0 Å². The highest BCUT2D eigenvalue weighted by molar-refractivity contribution is 5.98. The molecule has 0 aromatic heterocycles. The maximum absolute atomic E-state index is 12.4. The third-order valence-corrected chi connectivity index (χ3v) is 3.37. The second-order valence-electron chi connectivity index (χ2n) is 4.69. The van der Waals surface area contributed by atoms with Crippen LogP contribution in [0.2, 0.25) is 0 Å². The summed E-state index contributed by atoms with van der Waals surface area (Å²) in [4.78, 5) is 14.2. The highest BCUT2D eigenvalue weighted by Gasteiger charge is 2.27. The number of hydrogen-bond acceptors (Lipinski definition) is 4. The molecule has 5 heteroatoms. The number of rotatable bonds is 1. The zero-order chi connectivity index (χ0) is 12.5. The SMILES string of the molecule is NC1CCCN(C(=O)c2cccc3c2OCO3)C1. The van der Waals surface area contributed by atoms with E-state index in [1.165, 1.54) is 0 Å². The summed E-state index contributed by atoms with van der Waals surface area (Å²) in [6.45, 7) is 1.56. The molecule has 1 fully saturated rings. The molecule has 18 heavy (non-hydrogen) atoms. The van der Waals surface area contributed by atoms with Gasteiger partial charge in [0.2, 0.25) is 6.79 Å². The van der Waals surface area contributed by atoms with Crippen LogP contribution in [0.3, 0.4) is 0 Å². The van der Waals surface area contributed by atoms with Gasteiger partial charge in [-0.2, -0.15) is 0 Å². The Morgan fingerprint density at radius 1 is 1.39 bits per heavy atom. The molecule has 5 nitrogen and oxygen atoms in total. The van der Waals surface area contributed by atoms with Gasteiger partial charge >= 0.3 is 0 Å². The Morgan fingerprint density at radius 2 is 2.28 bits per heavy atom. The Kier molecular flexibility index (Phi) is 2.83. The summed E-state index contributed by atoms with van der Waals surface area (Å²) in [6.07, 6.45) is 1.94. The molecule has 2 heterocycles. The third-order valence-electron chi connectivity index (χ3n) is 3.37. The minimum atomic E-state index is -0.0208. The predicted molar refractivity (Wildman–Crippen MR) is 65.7 cm³/mol. The third kappa shape index (κ3) is 1.90. The average molecular weight is 248 g/mol. The molecular weight excluding hydrogens is 232 g/mol. The molecule has 0 saturated carbocycles. The lowest BCUT2D eigenvalue weighted by Crippen LogP contribution is -2.45. The number of nitrogens with zero attached hydrogens (tertiary/aromatic N) is 1. The van der Waals surface area contributed by atoms with E-state index in [1.807, 2.05) is 6.07 Å². The monoisotopic (exact) mass is 248 g/mol. The molecule has 3 rings (SSSR count). The van der Waals surface area contributed by atoms with Gasteiger partial charge in [0.15, 0.2) is 11.5 Å². The number of para-hydroxylation sites is 1. The van der Waals surface area contributed by atoms with Crippen LogP contribution in [-0.4, -0.2) is 36.7 Å². The van der Waals surface area contributed by atoms with Crippen LogP contribution in [0.4, 0.5) is 0 Å². The van der Waals surface area contributed by atoms with E-state index in [0.29, 0.717) is 23.6 Å². The number of likely N-dealkylation sites (tertiary alicyclic amines) is 1. The molecule has 1 aromatic rings. The molecule has 1 saturated heterocycles. The number of fused-ring (bicyclic) bond motifs is 1. The van der Waals surface area contributed by atoms with E-state index in [4.69, 9.17) is 15.2 Å². The highest BCUT2D eigenvalue weighted by Crippen LogP contribution is 2.36. The molecular formula is C13H16N2O3. The first kappa shape index (κ1) is 11.3. The first-order valence-corrected chi connectivity index (χ1v) is 6.19. The van der Waals surface area contributed by atoms with Crippen molar-refractivity contribution in [2.75, 3.05) is 19.9 Å². The minimum Gasteiger partial charge on any atom is -0.454 e. The van der Waals surface area contributed by atoms with Gasteiger partial charge in [-0.15, -0.1) is 0 Å². The van der Waals surface area contributed by atoms with Crippen molar-refractivity contribution in [3.63, 3.8) is 0 Å². The summed E-state index contributed by atoms with van der Waals surface area (Å²) >= 11 is 0. The van der Waals surface area contributed by atoms with Gasteiger partial charge in [-0.1, -0.05) is 6.07 Å². The van der Waals surface area contributed by atoms with Crippen LogP contribution in [0.15, 0.2) is 18.2 Å². The van der Waals surface area contributed by atoms with Crippen molar-refractivity contribution in [3.05, 3.63) is 23.8 Å². The summed E-state index contributed by atoms with van der Waals surface area (Å²) in [6, 6.07) is 5.47. The average Bonchev–Trinajstić information content (AvgIpc) is 2.86. The summed E-state index contributed by atoms with van der Waals surface area (Å²) in [5.41, 5.74) is 6.47. The van der Waals surface area contributed by atoms with E-state index in [0.717, 1.165) is 19.4 Å². The molecule has 1 atom stereocenters. The zero-order valence-electron chi connectivity index (χ0n) is 10.1. The Bertz CT molecular complexity index is 475. The van der Waals surface area contributed by atoms with Crippen LogP contribution >= 0.6 is 0 Å². The van der Waals surface area contributed by atoms with Gasteiger partial charge in [-0.05, 0) is 25.0 Å². The van der Waals surface area contributed by atoms with E-state index < -0.39 is 0 Å². The first-order valence-electron chi connectivity index (χ1n) is 6.19. The molecule has 1 unspecified atom stereocenters. The van der Waals surface area contributed by atoms with E-state index >= 15 is 0 Å². The van der Waals surface area contributed by atoms with Gasteiger partial charge in [0, 0.05) is 19.1 Å². The van der Waals surface area contributed by atoms with Gasteiger partial charge in [0.05, 0.1) is 5.56 Å². The number of amides is 1. The van der Waals surface area contributed by atoms with Crippen molar-refractivity contribution in [2.45, 2.75) is 18.9 Å². The van der Waals surface area contributed by atoms with Crippen LogP contribution in [0, 0.1) is 0 Å². The lowest BCUT2D eigenvalue weighted by atomic mass is 10.0. The van der Waals surface area contributed by atoms with Gasteiger partial charge < -0.3 is 20.1 Å². The Hall–Kier alpha value is -1.75. The molecule has 2 aliphatic heterocycles. The highest BCUT2D eigenvalue weighted by atomic mass is 16.7. The maximum atomic E-state index is 12.4. The van der Waals surface area contributed by atoms with Crippen molar-refractivity contribution >= 4 is 5.91 Å². The maximum Gasteiger partial charge on any atom is 0.257 e. The molecule has 1 aromatic carbocycles. The number of nitrogens with two attached hydrogens (primary N) is 1. The van der Waals surface area contributed by atoms with E-state index in [2.05, 4.69) is 0 Å². The van der Waals surface area contributed by atoms with E-state index in [1.54, 1.807) is 17.0 Å². The predicted octanol–water partition coefficient (Wildman–Crippen LogP) is 0.979. The van der Waals surface area contributed by atoms with E-state index in [-0.39, 0.29) is 18.7 Å². The number of hydrogen-bond donors (Lipinski definition) is 1. The lowest BCUT2D eigenvalue weighted by molar-refractivity contribution is 0.0704. The molecule has 0 radical (unpaired) electrons. The summed E-state index contributed by atoms with van der Waals surface area (Å²) < 4.78 is 10.6. The molecule has 0 spiro atoms. The largest absolute Gasteiger partial charge is 0.454 e. The Labute approximate surface area is 105 Å². The van der Waals surface area contributed by atoms with Crippen molar-refractivity contribution < 1.29 is 14.3 Å². The fourth-order valence-corrected chi connectivity index (χ4v) is 2.46. The molecule has 2 N–H and O–H groups in total. The standard InChI is InChI=1S/C13H16N2O3/c14-9-3-2-6-15(7-9)13(16)10-4-1-5-11-12(10)18-8-17-11/h1,4-5,9H,2-3,6-8,14H2. The van der Waals surface area contributed by atoms with Crippen LogP contribution < -0.4 is 15.2 Å². The summed E-state index contributed by atoms with van der Waals surface area (Å²) in [7, 11) is 0. The molecule has 0 aliphatic carbocycles. The second-order valence-corrected chi connectivity index (χ2v) is 4.69. The fourth-order valence-electron chi connectivity index (χ4n) is 2.46. The molecule has 2 aliphatic rings. The smallest absolute Gasteiger partial charge is 0.257 e.